The van der Waals surface area contributed by atoms with E-state index in [4.69, 9.17) is 19.2 Å². The van der Waals surface area contributed by atoms with Gasteiger partial charge < -0.3 is 19.6 Å². The Morgan fingerprint density at radius 2 is 1.75 bits per heavy atom. The summed E-state index contributed by atoms with van der Waals surface area (Å²) in [5, 5.41) is 22.1. The number of halogens is 3. The summed E-state index contributed by atoms with van der Waals surface area (Å²) in [5.41, 5.74) is 7.29. The molecule has 0 spiro atoms. The molecule has 270 valence electrons. The van der Waals surface area contributed by atoms with Gasteiger partial charge in [-0.05, 0) is 109 Å². The van der Waals surface area contributed by atoms with Crippen molar-refractivity contribution in [2.75, 3.05) is 26.8 Å². The van der Waals surface area contributed by atoms with Gasteiger partial charge in [0.1, 0.15) is 17.3 Å². The fourth-order valence-corrected chi connectivity index (χ4v) is 7.12. The molecule has 52 heavy (non-hydrogen) atoms. The van der Waals surface area contributed by atoms with Crippen LogP contribution in [0.2, 0.25) is 0 Å². The number of benzene rings is 4. The summed E-state index contributed by atoms with van der Waals surface area (Å²) in [6, 6.07) is 20.5. The summed E-state index contributed by atoms with van der Waals surface area (Å²) in [6.45, 7) is 8.24. The van der Waals surface area contributed by atoms with E-state index < -0.39 is 11.7 Å². The first-order chi connectivity index (χ1) is 25.0. The number of piperidine rings is 1. The predicted octanol–water partition coefficient (Wildman–Crippen LogP) is 9.30. The molecule has 1 aliphatic rings. The molecule has 10 heteroatoms. The quantitative estimate of drug-likeness (QED) is 0.104. The van der Waals surface area contributed by atoms with Gasteiger partial charge in [0, 0.05) is 36.8 Å². The first kappa shape index (κ1) is 36.8. The minimum Gasteiger partial charge on any atom is -0.496 e. The number of alkyl halides is 3. The van der Waals surface area contributed by atoms with E-state index in [0.29, 0.717) is 59.5 Å². The number of nitrogens with zero attached hydrogens (tertiary/aromatic N) is 3. The molecule has 0 unspecified atom stereocenters. The lowest BCUT2D eigenvalue weighted by atomic mass is 9.91. The molecule has 1 aromatic heterocycles. The van der Waals surface area contributed by atoms with Gasteiger partial charge in [-0.15, -0.1) is 0 Å². The van der Waals surface area contributed by atoms with E-state index in [9.17, 15) is 18.4 Å². The molecule has 1 fully saturated rings. The first-order valence-corrected chi connectivity index (χ1v) is 17.6. The Labute approximate surface area is 302 Å². The number of nitrogens with one attached hydrogen (secondary N) is 1. The lowest BCUT2D eigenvalue weighted by molar-refractivity contribution is -0.137. The Hall–Kier alpha value is -4.95. The van der Waals surface area contributed by atoms with E-state index in [-0.39, 0.29) is 12.2 Å². The number of methoxy groups -OCH3 is 1. The topological polar surface area (TPSA) is 94.5 Å². The maximum atomic E-state index is 14.5. The van der Waals surface area contributed by atoms with E-state index in [0.717, 1.165) is 64.8 Å². The fraction of sp³-hybridized carbons (Fsp3) is 0.333. The second-order valence-corrected chi connectivity index (χ2v) is 13.4. The van der Waals surface area contributed by atoms with Gasteiger partial charge in [0.25, 0.3) is 0 Å². The number of oxazole rings is 1. The van der Waals surface area contributed by atoms with Gasteiger partial charge in [-0.2, -0.15) is 18.4 Å². The van der Waals surface area contributed by atoms with Crippen LogP contribution in [0.25, 0.3) is 45.8 Å². The normalized spacial score (nSPS) is 15.4. The zero-order valence-electron chi connectivity index (χ0n) is 29.9. The van der Waals surface area contributed by atoms with Crippen LogP contribution < -0.4 is 10.1 Å². The number of ether oxygens (including phenoxy) is 1. The van der Waals surface area contributed by atoms with Crippen molar-refractivity contribution in [2.24, 2.45) is 0 Å². The van der Waals surface area contributed by atoms with E-state index >= 15 is 0 Å². The molecule has 1 atom stereocenters. The van der Waals surface area contributed by atoms with Crippen molar-refractivity contribution in [3.8, 4) is 34.4 Å². The average Bonchev–Trinajstić information content (AvgIpc) is 3.56. The summed E-state index contributed by atoms with van der Waals surface area (Å²) in [4.78, 5) is 6.98. The summed E-state index contributed by atoms with van der Waals surface area (Å²) in [5.74, 6) is 0.825. The second-order valence-electron chi connectivity index (χ2n) is 13.4. The second kappa shape index (κ2) is 15.7. The van der Waals surface area contributed by atoms with Crippen LogP contribution in [0.1, 0.15) is 70.7 Å². The van der Waals surface area contributed by atoms with Crippen LogP contribution in [-0.4, -0.2) is 47.8 Å². The van der Waals surface area contributed by atoms with Crippen LogP contribution >= 0.6 is 0 Å². The Kier molecular flexibility index (Phi) is 11.1. The Morgan fingerprint density at radius 1 is 1.02 bits per heavy atom. The SMILES string of the molecule is COc1cc(/C=C/c2cccc(-c3cccc(-c4nc5cc(CNCCO)cc(C#N)c5o4)c3C)c2C)c(C(F)(F)F)cc1CN1CCCC[C@H]1C. The number of hydrogen-bond acceptors (Lipinski definition) is 7. The van der Waals surface area contributed by atoms with Gasteiger partial charge in [-0.25, -0.2) is 4.98 Å². The zero-order valence-corrected chi connectivity index (χ0v) is 29.9. The average molecular weight is 709 g/mol. The van der Waals surface area contributed by atoms with Gasteiger partial charge in [-0.3, -0.25) is 4.90 Å². The first-order valence-electron chi connectivity index (χ1n) is 17.6. The standard InChI is InChI=1S/C42H43F3N4O3/c1-26-9-5-6-17-49(26)25-33-21-37(42(43,44)45)31(22-39(33)51-4)15-14-30-10-7-11-34(27(30)2)35-12-8-13-36(28(35)3)41-48-38-20-29(24-47-16-18-50)19-32(23-46)40(38)52-41/h7-8,10-15,19-22,26,47,50H,5-6,9,16-18,24-25H2,1-4H3/b15-14+/t26-/m1/s1. The van der Waals surface area contributed by atoms with Crippen molar-refractivity contribution >= 4 is 23.3 Å². The largest absolute Gasteiger partial charge is 0.496 e. The highest BCUT2D eigenvalue weighted by atomic mass is 19.4. The molecule has 0 radical (unpaired) electrons. The molecule has 7 nitrogen and oxygen atoms in total. The summed E-state index contributed by atoms with van der Waals surface area (Å²) in [7, 11) is 1.50. The van der Waals surface area contributed by atoms with E-state index in [2.05, 4.69) is 23.2 Å². The van der Waals surface area contributed by atoms with Crippen LogP contribution in [0, 0.1) is 25.2 Å². The molecule has 1 saturated heterocycles. The van der Waals surface area contributed by atoms with E-state index in [1.165, 1.54) is 25.3 Å². The molecule has 2 heterocycles. The number of aliphatic hydroxyl groups excluding tert-OH is 1. The van der Waals surface area contributed by atoms with Gasteiger partial charge >= 0.3 is 6.18 Å². The number of aliphatic hydroxyl groups is 1. The van der Waals surface area contributed by atoms with Crippen LogP contribution in [0.4, 0.5) is 13.2 Å². The maximum Gasteiger partial charge on any atom is 0.417 e. The summed E-state index contributed by atoms with van der Waals surface area (Å²) in [6.07, 6.45) is 1.91. The molecule has 5 aromatic rings. The zero-order chi connectivity index (χ0) is 37.0. The third-order valence-electron chi connectivity index (χ3n) is 10.0. The van der Waals surface area contributed by atoms with Crippen molar-refractivity contribution in [2.45, 2.75) is 65.3 Å². The van der Waals surface area contributed by atoms with Crippen molar-refractivity contribution in [3.05, 3.63) is 105 Å². The van der Waals surface area contributed by atoms with Crippen LogP contribution in [0.3, 0.4) is 0 Å². The van der Waals surface area contributed by atoms with Crippen LogP contribution in [-0.2, 0) is 19.3 Å². The minimum absolute atomic E-state index is 0.0102. The lowest BCUT2D eigenvalue weighted by Gasteiger charge is -2.33. The molecule has 2 N–H and O–H groups in total. The monoisotopic (exact) mass is 708 g/mol. The minimum atomic E-state index is -4.54. The molecule has 0 bridgehead atoms. The number of aromatic nitrogens is 1. The number of likely N-dealkylation sites (tertiary alicyclic amines) is 1. The molecular weight excluding hydrogens is 665 g/mol. The number of hydrogen-bond donors (Lipinski definition) is 2. The van der Waals surface area contributed by atoms with E-state index in [1.807, 2.05) is 56.3 Å². The van der Waals surface area contributed by atoms with Crippen LogP contribution in [0.15, 0.2) is 65.1 Å². The molecule has 0 aliphatic carbocycles. The Bertz CT molecular complexity index is 2150. The molecule has 0 amide bonds. The van der Waals surface area contributed by atoms with Crippen molar-refractivity contribution < 1.29 is 27.4 Å². The number of nitriles is 1. The summed E-state index contributed by atoms with van der Waals surface area (Å²) >= 11 is 0. The molecule has 0 saturated carbocycles. The van der Waals surface area contributed by atoms with Gasteiger partial charge in [0.05, 0.1) is 24.8 Å². The third kappa shape index (κ3) is 7.77. The predicted molar refractivity (Wildman–Crippen MR) is 199 cm³/mol. The van der Waals surface area contributed by atoms with Crippen molar-refractivity contribution in [3.63, 3.8) is 0 Å². The molecule has 4 aromatic carbocycles. The lowest BCUT2D eigenvalue weighted by Crippen LogP contribution is -2.36. The van der Waals surface area contributed by atoms with Gasteiger partial charge in [0.15, 0.2) is 5.58 Å². The van der Waals surface area contributed by atoms with Crippen molar-refractivity contribution in [1.82, 2.24) is 15.2 Å². The number of rotatable bonds is 11. The fourth-order valence-electron chi connectivity index (χ4n) is 7.12. The summed E-state index contributed by atoms with van der Waals surface area (Å²) < 4.78 is 55.3. The highest BCUT2D eigenvalue weighted by Crippen LogP contribution is 2.39. The molecular formula is C42H43F3N4O3. The van der Waals surface area contributed by atoms with Crippen molar-refractivity contribution in [1.29, 1.82) is 5.26 Å². The maximum absolute atomic E-state index is 14.5. The smallest absolute Gasteiger partial charge is 0.417 e. The van der Waals surface area contributed by atoms with Gasteiger partial charge in [0.2, 0.25) is 5.89 Å². The van der Waals surface area contributed by atoms with Gasteiger partial charge in [-0.1, -0.05) is 48.9 Å². The highest BCUT2D eigenvalue weighted by molar-refractivity contribution is 5.85. The number of fused-ring (bicyclic) bond motifs is 1. The highest BCUT2D eigenvalue weighted by Gasteiger charge is 2.34. The Morgan fingerprint density at radius 3 is 2.46 bits per heavy atom. The van der Waals surface area contributed by atoms with E-state index in [1.54, 1.807) is 12.1 Å². The molecule has 6 rings (SSSR count). The third-order valence-corrected chi connectivity index (χ3v) is 10.0. The molecule has 1 aliphatic heterocycles. The van der Waals surface area contributed by atoms with Crippen LogP contribution in [0.5, 0.6) is 5.75 Å². The Balaban J connectivity index is 1.33.